The van der Waals surface area contributed by atoms with Gasteiger partial charge in [0.2, 0.25) is 0 Å². The maximum absolute atomic E-state index is 12.6. The van der Waals surface area contributed by atoms with E-state index in [1.807, 2.05) is 6.92 Å². The van der Waals surface area contributed by atoms with E-state index in [9.17, 15) is 23.3 Å². The van der Waals surface area contributed by atoms with Crippen LogP contribution in [0.5, 0.6) is 0 Å². The fraction of sp³-hybridized carbons (Fsp3) is 0.417. The fourth-order valence-corrected chi connectivity index (χ4v) is 1.54. The smallest absolute Gasteiger partial charge is 0.366 e. The highest BCUT2D eigenvalue weighted by Gasteiger charge is 2.34. The first kappa shape index (κ1) is 15.8. The first-order valence-electron chi connectivity index (χ1n) is 5.73. The molecule has 1 atom stereocenters. The van der Waals surface area contributed by atoms with E-state index in [1.54, 1.807) is 0 Å². The molecule has 8 heteroatoms. The van der Waals surface area contributed by atoms with Gasteiger partial charge in [-0.05, 0) is 12.5 Å². The topological polar surface area (TPSA) is 68.1 Å². The summed E-state index contributed by atoms with van der Waals surface area (Å²) in [7, 11) is 0. The predicted octanol–water partition coefficient (Wildman–Crippen LogP) is 3.22. The summed E-state index contributed by atoms with van der Waals surface area (Å²) in [5.41, 5.74) is -2.04. The van der Waals surface area contributed by atoms with Crippen LogP contribution in [0.25, 0.3) is 0 Å². The number of terminal acetylenes is 1. The monoisotopic (exact) mass is 287 g/mol. The molecule has 0 spiro atoms. The average molecular weight is 287 g/mol. The number of rotatable bonds is 5. The lowest BCUT2D eigenvalue weighted by Crippen LogP contribution is -2.19. The number of alkyl halides is 3. The number of hydrogen-bond acceptors (Lipinski definition) is 4. The van der Waals surface area contributed by atoms with Gasteiger partial charge in [0, 0.05) is 0 Å². The number of aromatic nitrogens is 1. The second kappa shape index (κ2) is 6.23. The largest absolute Gasteiger partial charge is 0.433 e. The van der Waals surface area contributed by atoms with E-state index in [0.717, 1.165) is 0 Å². The summed E-state index contributed by atoms with van der Waals surface area (Å²) in [5, 5.41) is 13.4. The van der Waals surface area contributed by atoms with Crippen molar-refractivity contribution in [3.63, 3.8) is 0 Å². The Labute approximate surface area is 113 Å². The molecule has 0 radical (unpaired) electrons. The third-order valence-corrected chi connectivity index (χ3v) is 2.48. The van der Waals surface area contributed by atoms with Gasteiger partial charge in [0.05, 0.1) is 11.0 Å². The van der Waals surface area contributed by atoms with Crippen molar-refractivity contribution in [2.24, 2.45) is 0 Å². The minimum atomic E-state index is -4.68. The van der Waals surface area contributed by atoms with Gasteiger partial charge < -0.3 is 5.32 Å². The predicted molar refractivity (Wildman–Crippen MR) is 67.0 cm³/mol. The lowest BCUT2D eigenvalue weighted by molar-refractivity contribution is -0.384. The molecule has 0 saturated heterocycles. The minimum Gasteiger partial charge on any atom is -0.366 e. The lowest BCUT2D eigenvalue weighted by atomic mass is 10.1. The number of hydrogen-bond donors (Lipinski definition) is 1. The van der Waals surface area contributed by atoms with Gasteiger partial charge in [-0.3, -0.25) is 10.1 Å². The molecule has 0 aromatic carbocycles. The molecule has 1 aromatic heterocycles. The van der Waals surface area contributed by atoms with Gasteiger partial charge in [0.1, 0.15) is 17.6 Å². The number of nitrogens with zero attached hydrogens (tertiary/aromatic N) is 2. The molecule has 0 aliphatic carbocycles. The number of nitrogens with one attached hydrogen (secondary N) is 1. The van der Waals surface area contributed by atoms with Crippen molar-refractivity contribution in [1.82, 2.24) is 4.98 Å². The van der Waals surface area contributed by atoms with Crippen molar-refractivity contribution in [1.29, 1.82) is 0 Å². The highest BCUT2D eigenvalue weighted by Crippen LogP contribution is 2.33. The maximum atomic E-state index is 12.6. The van der Waals surface area contributed by atoms with Crippen molar-refractivity contribution < 1.29 is 18.1 Å². The molecule has 5 nitrogen and oxygen atoms in total. The molecule has 20 heavy (non-hydrogen) atoms. The summed E-state index contributed by atoms with van der Waals surface area (Å²) in [5.74, 6) is 2.34. The zero-order valence-corrected chi connectivity index (χ0v) is 10.6. The highest BCUT2D eigenvalue weighted by molar-refractivity contribution is 5.62. The van der Waals surface area contributed by atoms with Crippen LogP contribution in [0.15, 0.2) is 12.3 Å². The third kappa shape index (κ3) is 3.85. The summed E-state index contributed by atoms with van der Waals surface area (Å²) < 4.78 is 37.7. The Morgan fingerprint density at radius 2 is 2.25 bits per heavy atom. The molecule has 1 aromatic rings. The van der Waals surface area contributed by atoms with E-state index >= 15 is 0 Å². The van der Waals surface area contributed by atoms with Crippen LogP contribution in [0.2, 0.25) is 0 Å². The summed E-state index contributed by atoms with van der Waals surface area (Å²) in [6.45, 7) is 1.84. The van der Waals surface area contributed by atoms with Gasteiger partial charge in [-0.15, -0.1) is 6.42 Å². The van der Waals surface area contributed by atoms with E-state index in [4.69, 9.17) is 6.42 Å². The molecule has 1 N–H and O–H groups in total. The van der Waals surface area contributed by atoms with Crippen LogP contribution in [0.4, 0.5) is 24.5 Å². The lowest BCUT2D eigenvalue weighted by Gasteiger charge is -2.14. The van der Waals surface area contributed by atoms with E-state index in [2.05, 4.69) is 16.2 Å². The van der Waals surface area contributed by atoms with Crippen LogP contribution in [0.3, 0.4) is 0 Å². The van der Waals surface area contributed by atoms with Gasteiger partial charge in [-0.1, -0.05) is 19.3 Å². The molecule has 0 saturated carbocycles. The molecule has 1 unspecified atom stereocenters. The summed E-state index contributed by atoms with van der Waals surface area (Å²) in [4.78, 5) is 13.0. The molecule has 0 amide bonds. The van der Waals surface area contributed by atoms with Gasteiger partial charge in [-0.2, -0.15) is 13.2 Å². The van der Waals surface area contributed by atoms with Crippen molar-refractivity contribution in [2.75, 3.05) is 5.32 Å². The van der Waals surface area contributed by atoms with Crippen LogP contribution in [0.1, 0.15) is 25.5 Å². The summed E-state index contributed by atoms with van der Waals surface area (Å²) in [6, 6.07) is 0.0141. The van der Waals surface area contributed by atoms with Gasteiger partial charge in [0.25, 0.3) is 0 Å². The summed E-state index contributed by atoms with van der Waals surface area (Å²) >= 11 is 0. The Morgan fingerprint density at radius 1 is 1.60 bits per heavy atom. The van der Waals surface area contributed by atoms with Gasteiger partial charge in [0.15, 0.2) is 0 Å². The second-order valence-corrected chi connectivity index (χ2v) is 3.99. The molecule has 0 fully saturated rings. The fourth-order valence-electron chi connectivity index (χ4n) is 1.54. The molecule has 1 heterocycles. The van der Waals surface area contributed by atoms with Crippen LogP contribution >= 0.6 is 0 Å². The SMILES string of the molecule is C#CC(CCC)Nc1cc(C(F)(F)F)ncc1[N+](=O)[O-]. The molecule has 0 aliphatic rings. The molecular weight excluding hydrogens is 275 g/mol. The number of halogens is 3. The Bertz CT molecular complexity index is 538. The second-order valence-electron chi connectivity index (χ2n) is 3.99. The minimum absolute atomic E-state index is 0.284. The van der Waals surface area contributed by atoms with Crippen LogP contribution in [-0.4, -0.2) is 15.9 Å². The van der Waals surface area contributed by atoms with Crippen molar-refractivity contribution in [3.05, 3.63) is 28.1 Å². The molecule has 0 bridgehead atoms. The number of pyridine rings is 1. The normalized spacial score (nSPS) is 12.6. The number of nitro groups is 1. The van der Waals surface area contributed by atoms with Crippen LogP contribution in [-0.2, 0) is 6.18 Å². The van der Waals surface area contributed by atoms with Gasteiger partial charge in [-0.25, -0.2) is 4.98 Å². The quantitative estimate of drug-likeness (QED) is 0.513. The van der Waals surface area contributed by atoms with E-state index < -0.39 is 28.5 Å². The number of anilines is 1. The Morgan fingerprint density at radius 3 is 2.70 bits per heavy atom. The van der Waals surface area contributed by atoms with Crippen molar-refractivity contribution in [2.45, 2.75) is 32.0 Å². The Balaban J connectivity index is 3.19. The zero-order chi connectivity index (χ0) is 15.3. The zero-order valence-electron chi connectivity index (χ0n) is 10.6. The van der Waals surface area contributed by atoms with Gasteiger partial charge >= 0.3 is 11.9 Å². The molecule has 1 rings (SSSR count). The van der Waals surface area contributed by atoms with Crippen LogP contribution in [0, 0.1) is 22.5 Å². The Kier molecular flexibility index (Phi) is 4.91. The van der Waals surface area contributed by atoms with E-state index in [1.165, 1.54) is 0 Å². The summed E-state index contributed by atoms with van der Waals surface area (Å²) in [6.07, 6.45) is 2.30. The standard InChI is InChI=1S/C12H12F3N3O2/c1-3-5-8(4-2)17-9-6-11(12(13,14)15)16-7-10(9)18(19)20/h2,6-8H,3,5H2,1H3,(H,16,17). The van der Waals surface area contributed by atoms with Crippen molar-refractivity contribution >= 4 is 11.4 Å². The third-order valence-electron chi connectivity index (χ3n) is 2.48. The first-order valence-corrected chi connectivity index (χ1v) is 5.73. The van der Waals surface area contributed by atoms with Crippen LogP contribution < -0.4 is 5.32 Å². The first-order chi connectivity index (χ1) is 9.29. The molecular formula is C12H12F3N3O2. The Hall–Kier alpha value is -2.30. The van der Waals surface area contributed by atoms with E-state index in [0.29, 0.717) is 25.1 Å². The van der Waals surface area contributed by atoms with E-state index in [-0.39, 0.29) is 5.69 Å². The molecule has 0 aliphatic heterocycles. The maximum Gasteiger partial charge on any atom is 0.433 e. The average Bonchev–Trinajstić information content (AvgIpc) is 2.36. The molecule has 108 valence electrons. The highest BCUT2D eigenvalue weighted by atomic mass is 19.4. The van der Waals surface area contributed by atoms with Crippen molar-refractivity contribution in [3.8, 4) is 12.3 Å².